The molecule has 0 spiro atoms. The van der Waals surface area contributed by atoms with Gasteiger partial charge in [0.25, 0.3) is 5.82 Å². The maximum atomic E-state index is 2.56. The van der Waals surface area contributed by atoms with Gasteiger partial charge in [0.2, 0.25) is 0 Å². The molecule has 0 saturated heterocycles. The van der Waals surface area contributed by atoms with Crippen molar-refractivity contribution in [1.82, 2.24) is 4.57 Å². The number of para-hydroxylation sites is 1. The highest BCUT2D eigenvalue weighted by molar-refractivity contribution is 5.31. The zero-order valence-corrected chi connectivity index (χ0v) is 28.4. The predicted molar refractivity (Wildman–Crippen MR) is 186 cm³/mol. The highest BCUT2D eigenvalue weighted by atomic mass is 15.1. The van der Waals surface area contributed by atoms with E-state index < -0.39 is 0 Å². The number of aromatic nitrogens is 2. The third-order valence-electron chi connectivity index (χ3n) is 9.30. The summed E-state index contributed by atoms with van der Waals surface area (Å²) in [6.07, 6.45) is 44.3. The number of imidazole rings is 1. The van der Waals surface area contributed by atoms with Gasteiger partial charge in [0.1, 0.15) is 18.1 Å². The molecule has 0 bridgehead atoms. The molecule has 2 aromatic rings. The van der Waals surface area contributed by atoms with Gasteiger partial charge in [0.05, 0.1) is 6.54 Å². The second kappa shape index (κ2) is 27.0. The largest absolute Gasteiger partial charge is 0.261 e. The second-order valence-corrected chi connectivity index (χ2v) is 13.2. The van der Waals surface area contributed by atoms with Gasteiger partial charge in [-0.25, -0.2) is 4.57 Å². The van der Waals surface area contributed by atoms with Crippen LogP contribution in [-0.4, -0.2) is 4.57 Å². The SMILES string of the molecule is CCCCCCCCCCCCCCCCCCc1n(-c2ccccc2)cc[n+]1CCCCCCCCCCCCC. The van der Waals surface area contributed by atoms with E-state index in [9.17, 15) is 0 Å². The molecule has 2 rings (SSSR count). The molecule has 2 heteroatoms. The summed E-state index contributed by atoms with van der Waals surface area (Å²) in [7, 11) is 0. The summed E-state index contributed by atoms with van der Waals surface area (Å²) in [5.74, 6) is 1.50. The van der Waals surface area contributed by atoms with Crippen LogP contribution in [0.3, 0.4) is 0 Å². The molecule has 0 aliphatic heterocycles. The lowest BCUT2D eigenvalue weighted by Gasteiger charge is -2.07. The molecular weight excluding hydrogens is 508 g/mol. The molecule has 1 aromatic carbocycles. The van der Waals surface area contributed by atoms with Crippen molar-refractivity contribution in [3.05, 3.63) is 48.5 Å². The first kappa shape index (κ1) is 36.6. The van der Waals surface area contributed by atoms with Gasteiger partial charge >= 0.3 is 0 Å². The van der Waals surface area contributed by atoms with Gasteiger partial charge in [-0.2, -0.15) is 4.57 Å². The average molecular weight is 580 g/mol. The number of unbranched alkanes of at least 4 members (excludes halogenated alkanes) is 25. The Balaban J connectivity index is 1.57. The topological polar surface area (TPSA) is 8.81 Å². The molecule has 0 aliphatic carbocycles. The molecule has 0 atom stereocenters. The molecule has 0 amide bonds. The smallest absolute Gasteiger partial charge is 0.234 e. The summed E-state index contributed by atoms with van der Waals surface area (Å²) in [5, 5.41) is 0. The van der Waals surface area contributed by atoms with Crippen LogP contribution in [0, 0.1) is 0 Å². The van der Waals surface area contributed by atoms with E-state index in [-0.39, 0.29) is 0 Å². The number of nitrogens with zero attached hydrogens (tertiary/aromatic N) is 2. The highest BCUT2D eigenvalue weighted by Gasteiger charge is 2.18. The molecule has 240 valence electrons. The minimum Gasteiger partial charge on any atom is -0.234 e. The Bertz CT molecular complexity index is 823. The van der Waals surface area contributed by atoms with Crippen molar-refractivity contribution in [2.45, 2.75) is 200 Å². The standard InChI is InChI=1S/C40H71N2/c1-3-5-7-9-11-13-15-16-17-18-19-20-22-24-26-31-35-40-41(37-38-42(40)39-33-29-28-30-34-39)36-32-27-25-23-21-14-12-10-8-6-4-2/h28-30,33-34,37-38H,3-27,31-32,35-36H2,1-2H3/q+1. The van der Waals surface area contributed by atoms with Gasteiger partial charge < -0.3 is 0 Å². The normalized spacial score (nSPS) is 11.5. The Morgan fingerprint density at radius 3 is 1.26 bits per heavy atom. The van der Waals surface area contributed by atoms with Crippen molar-refractivity contribution < 1.29 is 4.57 Å². The lowest BCUT2D eigenvalue weighted by Crippen LogP contribution is -2.37. The van der Waals surface area contributed by atoms with Crippen molar-refractivity contribution in [1.29, 1.82) is 0 Å². The number of hydrogen-bond acceptors (Lipinski definition) is 0. The van der Waals surface area contributed by atoms with Crippen molar-refractivity contribution in [2.24, 2.45) is 0 Å². The van der Waals surface area contributed by atoms with Crippen LogP contribution < -0.4 is 4.57 Å². The van der Waals surface area contributed by atoms with Gasteiger partial charge in [0.15, 0.2) is 0 Å². The van der Waals surface area contributed by atoms with E-state index in [1.165, 1.54) is 198 Å². The van der Waals surface area contributed by atoms with E-state index in [0.717, 1.165) is 0 Å². The van der Waals surface area contributed by atoms with Crippen molar-refractivity contribution in [3.8, 4) is 5.69 Å². The first-order valence-corrected chi connectivity index (χ1v) is 19.0. The van der Waals surface area contributed by atoms with Crippen LogP contribution in [0.15, 0.2) is 42.7 Å². The lowest BCUT2D eigenvalue weighted by molar-refractivity contribution is -0.704. The van der Waals surface area contributed by atoms with Crippen molar-refractivity contribution in [2.75, 3.05) is 0 Å². The van der Waals surface area contributed by atoms with E-state index in [2.05, 4.69) is 65.7 Å². The van der Waals surface area contributed by atoms with Crippen LogP contribution in [0.2, 0.25) is 0 Å². The van der Waals surface area contributed by atoms with Crippen LogP contribution >= 0.6 is 0 Å². The van der Waals surface area contributed by atoms with E-state index in [1.54, 1.807) is 0 Å². The minimum atomic E-state index is 1.17. The maximum absolute atomic E-state index is 2.56. The molecule has 2 nitrogen and oxygen atoms in total. The quantitative estimate of drug-likeness (QED) is 0.0643. The summed E-state index contributed by atoms with van der Waals surface area (Å²) < 4.78 is 5.01. The van der Waals surface area contributed by atoms with Crippen LogP contribution in [-0.2, 0) is 13.0 Å². The number of aryl methyl sites for hydroxylation is 1. The van der Waals surface area contributed by atoms with E-state index in [1.807, 2.05) is 0 Å². The zero-order valence-electron chi connectivity index (χ0n) is 28.4. The Labute approximate surface area is 263 Å². The summed E-state index contributed by atoms with van der Waals surface area (Å²) >= 11 is 0. The first-order valence-electron chi connectivity index (χ1n) is 19.0. The maximum Gasteiger partial charge on any atom is 0.261 e. The van der Waals surface area contributed by atoms with E-state index >= 15 is 0 Å². The molecule has 0 radical (unpaired) electrons. The van der Waals surface area contributed by atoms with Gasteiger partial charge in [-0.1, -0.05) is 186 Å². The Morgan fingerprint density at radius 1 is 0.452 bits per heavy atom. The van der Waals surface area contributed by atoms with Gasteiger partial charge in [-0.15, -0.1) is 0 Å². The minimum absolute atomic E-state index is 1.17. The molecule has 42 heavy (non-hydrogen) atoms. The fourth-order valence-electron chi connectivity index (χ4n) is 6.53. The third kappa shape index (κ3) is 18.2. The molecule has 0 aliphatic rings. The Morgan fingerprint density at radius 2 is 0.833 bits per heavy atom. The van der Waals surface area contributed by atoms with Crippen molar-refractivity contribution >= 4 is 0 Å². The Kier molecular flexibility index (Phi) is 23.6. The van der Waals surface area contributed by atoms with E-state index in [0.29, 0.717) is 0 Å². The van der Waals surface area contributed by atoms with Crippen LogP contribution in [0.4, 0.5) is 0 Å². The summed E-state index contributed by atoms with van der Waals surface area (Å²) in [6, 6.07) is 11.0. The molecule has 0 N–H and O–H groups in total. The monoisotopic (exact) mass is 580 g/mol. The third-order valence-corrected chi connectivity index (χ3v) is 9.30. The number of rotatable bonds is 30. The molecule has 0 saturated carbocycles. The van der Waals surface area contributed by atoms with Crippen LogP contribution in [0.5, 0.6) is 0 Å². The molecule has 0 fully saturated rings. The van der Waals surface area contributed by atoms with Gasteiger partial charge in [-0.3, -0.25) is 0 Å². The summed E-state index contributed by atoms with van der Waals surface area (Å²) in [4.78, 5) is 0. The fraction of sp³-hybridized carbons (Fsp3) is 0.775. The zero-order chi connectivity index (χ0) is 29.8. The molecule has 1 aromatic heterocycles. The average Bonchev–Trinajstić information content (AvgIpc) is 3.42. The van der Waals surface area contributed by atoms with Crippen LogP contribution in [0.1, 0.15) is 193 Å². The van der Waals surface area contributed by atoms with Crippen molar-refractivity contribution in [3.63, 3.8) is 0 Å². The lowest BCUT2D eigenvalue weighted by atomic mass is 10.0. The molecule has 1 heterocycles. The second-order valence-electron chi connectivity index (χ2n) is 13.2. The summed E-state index contributed by atoms with van der Waals surface area (Å²) in [6.45, 7) is 5.78. The van der Waals surface area contributed by atoms with Crippen LogP contribution in [0.25, 0.3) is 5.69 Å². The van der Waals surface area contributed by atoms with Gasteiger partial charge in [0, 0.05) is 6.42 Å². The number of hydrogen-bond donors (Lipinski definition) is 0. The van der Waals surface area contributed by atoms with E-state index in [4.69, 9.17) is 0 Å². The predicted octanol–water partition coefficient (Wildman–Crippen LogP) is 12.9. The number of benzene rings is 1. The molecule has 0 unspecified atom stereocenters. The van der Waals surface area contributed by atoms with Gasteiger partial charge in [-0.05, 0) is 31.4 Å². The Hall–Kier alpha value is -1.57. The first-order chi connectivity index (χ1) is 20.9. The molecular formula is C40H71N2+. The summed E-state index contributed by atoms with van der Waals surface area (Å²) in [5.41, 5.74) is 1.31. The highest BCUT2D eigenvalue weighted by Crippen LogP contribution is 2.16. The fourth-order valence-corrected chi connectivity index (χ4v) is 6.53.